The quantitative estimate of drug-likeness (QED) is 0.696. The molecule has 0 radical (unpaired) electrons. The molecule has 0 aliphatic heterocycles. The van der Waals surface area contributed by atoms with Crippen molar-refractivity contribution in [3.05, 3.63) is 63.4 Å². The molecule has 0 amide bonds. The van der Waals surface area contributed by atoms with E-state index in [1.807, 2.05) is 0 Å². The molecule has 2 aromatic carbocycles. The van der Waals surface area contributed by atoms with Gasteiger partial charge in [-0.3, -0.25) is 4.79 Å². The minimum absolute atomic E-state index is 0.0113. The van der Waals surface area contributed by atoms with Gasteiger partial charge in [0, 0.05) is 15.6 Å². The Morgan fingerprint density at radius 1 is 1.17 bits per heavy atom. The number of hydrogen-bond donors (Lipinski definition) is 0. The maximum Gasteiger partial charge on any atom is 0.310 e. The van der Waals surface area contributed by atoms with Crippen LogP contribution >= 0.6 is 23.2 Å². The first-order valence-electron chi connectivity index (χ1n) is 7.00. The van der Waals surface area contributed by atoms with Gasteiger partial charge in [0.15, 0.2) is 0 Å². The van der Waals surface area contributed by atoms with Crippen LogP contribution < -0.4 is 4.74 Å². The van der Waals surface area contributed by atoms with Gasteiger partial charge in [0.25, 0.3) is 0 Å². The molecule has 0 fully saturated rings. The zero-order chi connectivity index (χ0) is 16.8. The molecular weight excluding hydrogens is 342 g/mol. The van der Waals surface area contributed by atoms with E-state index in [-0.39, 0.29) is 25.5 Å². The zero-order valence-corrected chi connectivity index (χ0v) is 14.0. The van der Waals surface area contributed by atoms with Crippen molar-refractivity contribution in [2.45, 2.75) is 20.0 Å². The van der Waals surface area contributed by atoms with Gasteiger partial charge in [-0.25, -0.2) is 4.39 Å². The summed E-state index contributed by atoms with van der Waals surface area (Å²) >= 11 is 12.2. The third kappa shape index (κ3) is 5.12. The van der Waals surface area contributed by atoms with Crippen molar-refractivity contribution in [2.75, 3.05) is 6.61 Å². The fourth-order valence-electron chi connectivity index (χ4n) is 1.98. The minimum Gasteiger partial charge on any atom is -0.488 e. The summed E-state index contributed by atoms with van der Waals surface area (Å²) in [7, 11) is 0. The standard InChI is InChI=1S/C17H15Cl2FO3/c1-2-22-17(21)9-14-15(19)7-12(18)8-16(14)23-10-11-3-5-13(20)6-4-11/h3-8H,2,9-10H2,1H3. The minimum atomic E-state index is -0.400. The van der Waals surface area contributed by atoms with E-state index in [4.69, 9.17) is 32.7 Å². The first-order valence-corrected chi connectivity index (χ1v) is 7.76. The van der Waals surface area contributed by atoms with Crippen molar-refractivity contribution in [3.8, 4) is 5.75 Å². The zero-order valence-electron chi connectivity index (χ0n) is 12.4. The maximum atomic E-state index is 12.9. The molecule has 0 spiro atoms. The molecule has 0 aliphatic carbocycles. The lowest BCUT2D eigenvalue weighted by atomic mass is 10.1. The monoisotopic (exact) mass is 356 g/mol. The summed E-state index contributed by atoms with van der Waals surface area (Å²) in [5, 5.41) is 0.733. The van der Waals surface area contributed by atoms with Crippen LogP contribution in [0.1, 0.15) is 18.1 Å². The second kappa shape index (κ2) is 8.18. The Morgan fingerprint density at radius 2 is 1.87 bits per heavy atom. The largest absolute Gasteiger partial charge is 0.488 e. The van der Waals surface area contributed by atoms with Crippen molar-refractivity contribution in [1.82, 2.24) is 0 Å². The van der Waals surface area contributed by atoms with E-state index in [1.165, 1.54) is 12.1 Å². The van der Waals surface area contributed by atoms with Crippen molar-refractivity contribution >= 4 is 29.2 Å². The first-order chi connectivity index (χ1) is 11.0. The van der Waals surface area contributed by atoms with Crippen molar-refractivity contribution in [1.29, 1.82) is 0 Å². The second-order valence-electron chi connectivity index (χ2n) is 4.76. The molecule has 0 atom stereocenters. The molecule has 0 bridgehead atoms. The number of ether oxygens (including phenoxy) is 2. The molecule has 2 rings (SSSR count). The van der Waals surface area contributed by atoms with Gasteiger partial charge in [0.2, 0.25) is 0 Å². The van der Waals surface area contributed by atoms with Gasteiger partial charge in [0.05, 0.1) is 13.0 Å². The van der Waals surface area contributed by atoms with Gasteiger partial charge >= 0.3 is 5.97 Å². The van der Waals surface area contributed by atoms with Crippen LogP contribution in [-0.2, 0) is 22.6 Å². The topological polar surface area (TPSA) is 35.5 Å². The van der Waals surface area contributed by atoms with E-state index < -0.39 is 5.97 Å². The van der Waals surface area contributed by atoms with Crippen LogP contribution in [-0.4, -0.2) is 12.6 Å². The molecule has 6 heteroatoms. The van der Waals surface area contributed by atoms with Crippen molar-refractivity contribution < 1.29 is 18.7 Å². The van der Waals surface area contributed by atoms with Crippen LogP contribution in [0, 0.1) is 5.82 Å². The van der Waals surface area contributed by atoms with Gasteiger partial charge in [-0.15, -0.1) is 0 Å². The normalized spacial score (nSPS) is 10.4. The van der Waals surface area contributed by atoms with Crippen LogP contribution in [0.2, 0.25) is 10.0 Å². The van der Waals surface area contributed by atoms with E-state index in [2.05, 4.69) is 0 Å². The van der Waals surface area contributed by atoms with Gasteiger partial charge < -0.3 is 9.47 Å². The lowest BCUT2D eigenvalue weighted by Gasteiger charge is -2.13. The summed E-state index contributed by atoms with van der Waals surface area (Å²) in [5.41, 5.74) is 1.29. The van der Waals surface area contributed by atoms with Gasteiger partial charge in [-0.05, 0) is 36.8 Å². The molecule has 3 nitrogen and oxygen atoms in total. The highest BCUT2D eigenvalue weighted by atomic mass is 35.5. The van der Waals surface area contributed by atoms with Crippen LogP contribution in [0.15, 0.2) is 36.4 Å². The van der Waals surface area contributed by atoms with E-state index in [0.717, 1.165) is 5.56 Å². The Bertz CT molecular complexity index is 687. The number of rotatable bonds is 6. The van der Waals surface area contributed by atoms with Crippen LogP contribution in [0.5, 0.6) is 5.75 Å². The highest BCUT2D eigenvalue weighted by Crippen LogP contribution is 2.32. The van der Waals surface area contributed by atoms with Crippen LogP contribution in [0.4, 0.5) is 4.39 Å². The Morgan fingerprint density at radius 3 is 2.52 bits per heavy atom. The first kappa shape index (κ1) is 17.6. The fourth-order valence-corrected chi connectivity index (χ4v) is 2.52. The Kier molecular flexibility index (Phi) is 6.25. The molecule has 0 aliphatic rings. The molecule has 0 saturated heterocycles. The predicted molar refractivity (Wildman–Crippen MR) is 87.5 cm³/mol. The average Bonchev–Trinajstić information content (AvgIpc) is 2.50. The molecule has 122 valence electrons. The molecular formula is C17H15Cl2FO3. The van der Waals surface area contributed by atoms with Gasteiger partial charge in [-0.2, -0.15) is 0 Å². The average molecular weight is 357 g/mol. The summed E-state index contributed by atoms with van der Waals surface area (Å²) < 4.78 is 23.5. The van der Waals surface area contributed by atoms with Gasteiger partial charge in [0.1, 0.15) is 18.2 Å². The molecule has 0 unspecified atom stereocenters. The summed E-state index contributed by atoms with van der Waals surface area (Å²) in [6, 6.07) is 9.07. The highest BCUT2D eigenvalue weighted by molar-refractivity contribution is 6.35. The summed E-state index contributed by atoms with van der Waals surface area (Å²) in [6.45, 7) is 2.22. The summed E-state index contributed by atoms with van der Waals surface area (Å²) in [6.07, 6.45) is -0.0113. The summed E-state index contributed by atoms with van der Waals surface area (Å²) in [5.74, 6) is -0.314. The SMILES string of the molecule is CCOC(=O)Cc1c(Cl)cc(Cl)cc1OCc1ccc(F)cc1. The molecule has 0 saturated carbocycles. The van der Waals surface area contributed by atoms with Crippen molar-refractivity contribution in [3.63, 3.8) is 0 Å². The third-order valence-electron chi connectivity index (χ3n) is 3.05. The third-order valence-corrected chi connectivity index (χ3v) is 3.61. The predicted octanol–water partition coefficient (Wildman–Crippen LogP) is 4.82. The van der Waals surface area contributed by atoms with E-state index in [0.29, 0.717) is 21.4 Å². The van der Waals surface area contributed by atoms with E-state index in [1.54, 1.807) is 31.2 Å². The molecule has 0 aromatic heterocycles. The smallest absolute Gasteiger partial charge is 0.310 e. The molecule has 0 heterocycles. The summed E-state index contributed by atoms with van der Waals surface area (Å²) in [4.78, 5) is 11.7. The Labute approximate surface area is 143 Å². The number of carbonyl (C=O) groups is 1. The van der Waals surface area contributed by atoms with Crippen LogP contribution in [0.3, 0.4) is 0 Å². The lowest BCUT2D eigenvalue weighted by Crippen LogP contribution is -2.09. The van der Waals surface area contributed by atoms with Crippen LogP contribution in [0.25, 0.3) is 0 Å². The Hall–Kier alpha value is -1.78. The number of halogens is 3. The van der Waals surface area contributed by atoms with Gasteiger partial charge in [-0.1, -0.05) is 35.3 Å². The lowest BCUT2D eigenvalue weighted by molar-refractivity contribution is -0.142. The molecule has 2 aromatic rings. The van der Waals surface area contributed by atoms with E-state index in [9.17, 15) is 9.18 Å². The molecule has 23 heavy (non-hydrogen) atoms. The fraction of sp³-hybridized carbons (Fsp3) is 0.235. The Balaban J connectivity index is 2.18. The maximum absolute atomic E-state index is 12.9. The van der Waals surface area contributed by atoms with E-state index >= 15 is 0 Å². The highest BCUT2D eigenvalue weighted by Gasteiger charge is 2.15. The second-order valence-corrected chi connectivity index (χ2v) is 5.60. The number of esters is 1. The number of carbonyl (C=O) groups excluding carboxylic acids is 1. The molecule has 0 N–H and O–H groups in total. The van der Waals surface area contributed by atoms with Crippen molar-refractivity contribution in [2.24, 2.45) is 0 Å². The number of benzene rings is 2. The number of hydrogen-bond acceptors (Lipinski definition) is 3.